The number of para-hydroxylation sites is 1. The van der Waals surface area contributed by atoms with Crippen LogP contribution in [0.4, 0.5) is 0 Å². The lowest BCUT2D eigenvalue weighted by atomic mass is 10.1. The molecule has 0 radical (unpaired) electrons. The molecule has 4 aromatic rings. The SMILES string of the molecule is c1ccc2c(O[n+]3csc4ccccc43)cccc2c1. The molecule has 96 valence electrons. The zero-order chi connectivity index (χ0) is 13.4. The molecule has 0 N–H and O–H groups in total. The third kappa shape index (κ3) is 1.84. The van der Waals surface area contributed by atoms with Crippen LogP contribution < -0.4 is 9.57 Å². The molecule has 0 atom stereocenters. The van der Waals surface area contributed by atoms with E-state index in [4.69, 9.17) is 4.84 Å². The monoisotopic (exact) mass is 278 g/mol. The molecule has 0 aliphatic rings. The number of aromatic nitrogens is 1. The van der Waals surface area contributed by atoms with Crippen molar-refractivity contribution in [1.29, 1.82) is 0 Å². The molecule has 3 aromatic carbocycles. The van der Waals surface area contributed by atoms with E-state index >= 15 is 0 Å². The van der Waals surface area contributed by atoms with Crippen molar-refractivity contribution in [2.75, 3.05) is 0 Å². The van der Waals surface area contributed by atoms with Crippen LogP contribution in [0.1, 0.15) is 0 Å². The van der Waals surface area contributed by atoms with Gasteiger partial charge >= 0.3 is 0 Å². The first kappa shape index (κ1) is 11.4. The van der Waals surface area contributed by atoms with Crippen LogP contribution in [0, 0.1) is 0 Å². The predicted octanol–water partition coefficient (Wildman–Crippen LogP) is 4.18. The van der Waals surface area contributed by atoms with Gasteiger partial charge in [0.05, 0.1) is 0 Å². The maximum Gasteiger partial charge on any atom is 0.278 e. The standard InChI is InChI=1S/C17H12NOS/c1-2-8-14-13(6-1)7-5-10-16(14)19-18-12-20-17-11-4-3-9-15(17)18/h1-12H/q+1. The summed E-state index contributed by atoms with van der Waals surface area (Å²) in [5.41, 5.74) is 3.08. The third-order valence-electron chi connectivity index (χ3n) is 3.32. The summed E-state index contributed by atoms with van der Waals surface area (Å²) in [5, 5.41) is 2.31. The Kier molecular flexibility index (Phi) is 2.64. The normalized spacial score (nSPS) is 11.0. The Hall–Kier alpha value is -2.39. The minimum Gasteiger partial charge on any atom is -0.229 e. The second-order valence-corrected chi connectivity index (χ2v) is 5.47. The van der Waals surface area contributed by atoms with Gasteiger partial charge in [0.1, 0.15) is 4.70 Å². The fourth-order valence-electron chi connectivity index (χ4n) is 2.35. The first-order valence-corrected chi connectivity index (χ1v) is 7.34. The second kappa shape index (κ2) is 4.62. The Bertz CT molecular complexity index is 892. The Morgan fingerprint density at radius 3 is 2.60 bits per heavy atom. The van der Waals surface area contributed by atoms with E-state index in [1.54, 1.807) is 11.3 Å². The van der Waals surface area contributed by atoms with E-state index in [0.717, 1.165) is 16.7 Å². The second-order valence-electron chi connectivity index (χ2n) is 4.59. The van der Waals surface area contributed by atoms with Gasteiger partial charge in [0.2, 0.25) is 5.75 Å². The number of fused-ring (bicyclic) bond motifs is 2. The zero-order valence-electron chi connectivity index (χ0n) is 10.7. The van der Waals surface area contributed by atoms with E-state index < -0.39 is 0 Å². The highest BCUT2D eigenvalue weighted by Gasteiger charge is 2.15. The van der Waals surface area contributed by atoms with Crippen molar-refractivity contribution in [3.63, 3.8) is 0 Å². The summed E-state index contributed by atoms with van der Waals surface area (Å²) >= 11 is 1.68. The van der Waals surface area contributed by atoms with Crippen LogP contribution in [0.25, 0.3) is 21.0 Å². The van der Waals surface area contributed by atoms with Crippen LogP contribution in [0.15, 0.2) is 72.2 Å². The molecule has 0 spiro atoms. The minimum atomic E-state index is 0.872. The van der Waals surface area contributed by atoms with Gasteiger partial charge in [-0.1, -0.05) is 59.9 Å². The Morgan fingerprint density at radius 1 is 0.800 bits per heavy atom. The van der Waals surface area contributed by atoms with Gasteiger partial charge < -0.3 is 0 Å². The summed E-state index contributed by atoms with van der Waals surface area (Å²) < 4.78 is 3.05. The molecule has 0 amide bonds. The van der Waals surface area contributed by atoms with E-state index in [0.29, 0.717) is 0 Å². The van der Waals surface area contributed by atoms with E-state index in [1.807, 2.05) is 46.6 Å². The number of hydrogen-bond acceptors (Lipinski definition) is 2. The Balaban J connectivity index is 1.85. The van der Waals surface area contributed by atoms with E-state index in [1.165, 1.54) is 10.1 Å². The molecule has 4 rings (SSSR count). The van der Waals surface area contributed by atoms with Crippen molar-refractivity contribution in [1.82, 2.24) is 0 Å². The fourth-order valence-corrected chi connectivity index (χ4v) is 3.15. The lowest BCUT2D eigenvalue weighted by Crippen LogP contribution is -2.37. The molecule has 0 bridgehead atoms. The molecule has 0 fully saturated rings. The van der Waals surface area contributed by atoms with Crippen molar-refractivity contribution in [3.05, 3.63) is 72.2 Å². The van der Waals surface area contributed by atoms with E-state index in [-0.39, 0.29) is 0 Å². The maximum absolute atomic E-state index is 6.07. The summed E-state index contributed by atoms with van der Waals surface area (Å²) in [6.07, 6.45) is 0. The van der Waals surface area contributed by atoms with Gasteiger partial charge in [0.25, 0.3) is 11.0 Å². The Morgan fingerprint density at radius 2 is 1.60 bits per heavy atom. The van der Waals surface area contributed by atoms with Gasteiger partial charge in [-0.3, -0.25) is 0 Å². The van der Waals surface area contributed by atoms with Crippen LogP contribution in [-0.2, 0) is 0 Å². The van der Waals surface area contributed by atoms with Crippen LogP contribution >= 0.6 is 11.3 Å². The molecule has 2 nitrogen and oxygen atoms in total. The third-order valence-corrected chi connectivity index (χ3v) is 4.22. The molecule has 3 heteroatoms. The largest absolute Gasteiger partial charge is 0.278 e. The Labute approximate surface area is 120 Å². The molecular formula is C17H12NOS+. The van der Waals surface area contributed by atoms with Crippen molar-refractivity contribution < 1.29 is 9.57 Å². The van der Waals surface area contributed by atoms with Crippen LogP contribution in [0.5, 0.6) is 5.75 Å². The summed E-state index contributed by atoms with van der Waals surface area (Å²) in [6.45, 7) is 0. The molecule has 0 saturated carbocycles. The van der Waals surface area contributed by atoms with Crippen LogP contribution in [0.3, 0.4) is 0 Å². The van der Waals surface area contributed by atoms with Crippen molar-refractivity contribution in [2.24, 2.45) is 0 Å². The molecule has 0 aliphatic heterocycles. The molecule has 0 aliphatic carbocycles. The minimum absolute atomic E-state index is 0.872. The average Bonchev–Trinajstić information content (AvgIpc) is 2.91. The van der Waals surface area contributed by atoms with Gasteiger partial charge in [-0.25, -0.2) is 4.84 Å². The number of thiazole rings is 1. The number of benzene rings is 3. The molecule has 1 heterocycles. The highest BCUT2D eigenvalue weighted by molar-refractivity contribution is 7.16. The highest BCUT2D eigenvalue weighted by Crippen LogP contribution is 2.25. The quantitative estimate of drug-likeness (QED) is 0.501. The summed E-state index contributed by atoms with van der Waals surface area (Å²) in [7, 11) is 0. The average molecular weight is 278 g/mol. The lowest BCUT2D eigenvalue weighted by molar-refractivity contribution is -0.851. The van der Waals surface area contributed by atoms with Crippen molar-refractivity contribution in [2.45, 2.75) is 0 Å². The molecule has 1 aromatic heterocycles. The summed E-state index contributed by atoms with van der Waals surface area (Å²) in [4.78, 5) is 6.07. The zero-order valence-corrected chi connectivity index (χ0v) is 11.5. The van der Waals surface area contributed by atoms with Gasteiger partial charge in [-0.15, -0.1) is 0 Å². The van der Waals surface area contributed by atoms with Gasteiger partial charge in [0, 0.05) is 16.2 Å². The fraction of sp³-hybridized carbons (Fsp3) is 0. The smallest absolute Gasteiger partial charge is 0.229 e. The van der Waals surface area contributed by atoms with Gasteiger partial charge in [0.15, 0.2) is 0 Å². The van der Waals surface area contributed by atoms with Crippen LogP contribution in [-0.4, -0.2) is 0 Å². The highest BCUT2D eigenvalue weighted by atomic mass is 32.1. The summed E-state index contributed by atoms with van der Waals surface area (Å²) in [5.74, 6) is 0.872. The topological polar surface area (TPSA) is 13.1 Å². The first-order chi connectivity index (χ1) is 9.92. The van der Waals surface area contributed by atoms with E-state index in [9.17, 15) is 0 Å². The number of rotatable bonds is 2. The lowest BCUT2D eigenvalue weighted by Gasteiger charge is -2.02. The van der Waals surface area contributed by atoms with E-state index in [2.05, 4.69) is 30.3 Å². The first-order valence-electron chi connectivity index (χ1n) is 6.46. The number of nitrogens with zero attached hydrogens (tertiary/aromatic N) is 1. The van der Waals surface area contributed by atoms with Crippen molar-refractivity contribution in [3.8, 4) is 5.75 Å². The molecule has 0 saturated heterocycles. The molecule has 0 unspecified atom stereocenters. The maximum atomic E-state index is 6.07. The van der Waals surface area contributed by atoms with Crippen molar-refractivity contribution >= 4 is 32.3 Å². The molecular weight excluding hydrogens is 266 g/mol. The van der Waals surface area contributed by atoms with Gasteiger partial charge in [-0.05, 0) is 17.5 Å². The van der Waals surface area contributed by atoms with Gasteiger partial charge in [-0.2, -0.15) is 0 Å². The molecule has 20 heavy (non-hydrogen) atoms. The predicted molar refractivity (Wildman–Crippen MR) is 82.0 cm³/mol. The summed E-state index contributed by atoms with van der Waals surface area (Å²) in [6, 6.07) is 22.6. The van der Waals surface area contributed by atoms with Crippen LogP contribution in [0.2, 0.25) is 0 Å². The number of hydrogen-bond donors (Lipinski definition) is 0.